The van der Waals surface area contributed by atoms with E-state index in [2.05, 4.69) is 15.5 Å². The second-order valence-corrected chi connectivity index (χ2v) is 6.22. The molecule has 8 heteroatoms. The predicted molar refractivity (Wildman–Crippen MR) is 111 cm³/mol. The lowest BCUT2D eigenvalue weighted by Crippen LogP contribution is -2.10. The van der Waals surface area contributed by atoms with E-state index < -0.39 is 5.91 Å². The molecule has 0 saturated carbocycles. The summed E-state index contributed by atoms with van der Waals surface area (Å²) < 4.78 is 12.2. The average Bonchev–Trinajstić information content (AvgIpc) is 3.02. The Kier molecular flexibility index (Phi) is 6.80. The van der Waals surface area contributed by atoms with Crippen LogP contribution < -0.4 is 10.1 Å². The maximum atomic E-state index is 12.1. The summed E-state index contributed by atoms with van der Waals surface area (Å²) in [5.41, 5.74) is 1.82. The van der Waals surface area contributed by atoms with E-state index in [1.54, 1.807) is 17.7 Å². The second kappa shape index (κ2) is 9.70. The summed E-state index contributed by atoms with van der Waals surface area (Å²) in [6.07, 6.45) is 0. The van der Waals surface area contributed by atoms with Crippen molar-refractivity contribution < 1.29 is 19.4 Å². The number of anilines is 1. The number of rotatable bonds is 9. The van der Waals surface area contributed by atoms with E-state index >= 15 is 0 Å². The topological polar surface area (TPSA) is 97.4 Å². The zero-order valence-corrected chi connectivity index (χ0v) is 16.5. The van der Waals surface area contributed by atoms with Crippen LogP contribution in [0.5, 0.6) is 11.6 Å². The molecule has 152 valence electrons. The standard InChI is InChI=1S/C21H24N4O4/c1-3-29-12-11-25-18-10-5-4-9-17(18)20(21(25)27)24-23-19(26)14-22-15-7-6-8-16(13-15)28-2/h4-10,13,22,27H,3,11-12,14H2,1-2H3. The molecule has 2 N–H and O–H groups in total. The Hall–Kier alpha value is -3.39. The Balaban J connectivity index is 1.73. The maximum absolute atomic E-state index is 12.1. The Morgan fingerprint density at radius 2 is 2.03 bits per heavy atom. The number of aromatic nitrogens is 1. The summed E-state index contributed by atoms with van der Waals surface area (Å²) in [7, 11) is 1.58. The molecule has 2 aromatic carbocycles. The zero-order chi connectivity index (χ0) is 20.6. The minimum absolute atomic E-state index is 0.0274. The molecule has 1 heterocycles. The van der Waals surface area contributed by atoms with Gasteiger partial charge < -0.3 is 24.5 Å². The van der Waals surface area contributed by atoms with Crippen molar-refractivity contribution in [3.05, 3.63) is 48.5 Å². The highest BCUT2D eigenvalue weighted by Gasteiger charge is 2.16. The second-order valence-electron chi connectivity index (χ2n) is 6.22. The highest BCUT2D eigenvalue weighted by atomic mass is 16.5. The Labute approximate surface area is 168 Å². The highest BCUT2D eigenvalue weighted by molar-refractivity contribution is 5.95. The molecule has 0 unspecified atom stereocenters. The van der Waals surface area contributed by atoms with Crippen molar-refractivity contribution in [2.24, 2.45) is 10.2 Å². The fraction of sp³-hybridized carbons (Fsp3) is 0.286. The van der Waals surface area contributed by atoms with Crippen LogP contribution in [0.25, 0.3) is 10.9 Å². The number of fused-ring (bicyclic) bond motifs is 1. The van der Waals surface area contributed by atoms with Crippen LogP contribution in [0.1, 0.15) is 6.92 Å². The molecule has 0 aliphatic rings. The number of nitrogens with zero attached hydrogens (tertiary/aromatic N) is 3. The molecule has 3 rings (SSSR count). The van der Waals surface area contributed by atoms with E-state index in [0.29, 0.717) is 25.5 Å². The lowest BCUT2D eigenvalue weighted by atomic mass is 10.2. The molecule has 3 aromatic rings. The van der Waals surface area contributed by atoms with E-state index in [1.807, 2.05) is 49.4 Å². The van der Waals surface area contributed by atoms with Crippen molar-refractivity contribution in [3.8, 4) is 11.6 Å². The first-order chi connectivity index (χ1) is 14.1. The van der Waals surface area contributed by atoms with Crippen LogP contribution in [0.2, 0.25) is 0 Å². The van der Waals surface area contributed by atoms with Gasteiger partial charge in [-0.3, -0.25) is 4.79 Å². The van der Waals surface area contributed by atoms with Gasteiger partial charge in [0.25, 0.3) is 5.91 Å². The van der Waals surface area contributed by atoms with Gasteiger partial charge in [-0.25, -0.2) is 0 Å². The first kappa shape index (κ1) is 20.3. The van der Waals surface area contributed by atoms with Gasteiger partial charge in [0.05, 0.1) is 25.8 Å². The lowest BCUT2D eigenvalue weighted by Gasteiger charge is -2.06. The predicted octanol–water partition coefficient (Wildman–Crippen LogP) is 4.11. The molecule has 0 aliphatic carbocycles. The highest BCUT2D eigenvalue weighted by Crippen LogP contribution is 2.38. The van der Waals surface area contributed by atoms with Crippen LogP contribution in [0.15, 0.2) is 58.8 Å². The molecular formula is C21H24N4O4. The quantitative estimate of drug-likeness (QED) is 0.419. The molecule has 0 saturated heterocycles. The van der Waals surface area contributed by atoms with Gasteiger partial charge in [0.1, 0.15) is 5.75 Å². The average molecular weight is 396 g/mol. The van der Waals surface area contributed by atoms with E-state index in [9.17, 15) is 9.90 Å². The zero-order valence-electron chi connectivity index (χ0n) is 16.5. The van der Waals surface area contributed by atoms with Gasteiger partial charge in [0.15, 0.2) is 5.69 Å². The number of methoxy groups -OCH3 is 1. The summed E-state index contributed by atoms with van der Waals surface area (Å²) in [6.45, 7) is 3.42. The number of benzene rings is 2. The molecular weight excluding hydrogens is 372 g/mol. The lowest BCUT2D eigenvalue weighted by molar-refractivity contribution is -0.116. The smallest absolute Gasteiger partial charge is 0.283 e. The third kappa shape index (κ3) is 4.91. The molecule has 1 amide bonds. The number of azo groups is 1. The first-order valence-electron chi connectivity index (χ1n) is 9.34. The normalized spacial score (nSPS) is 11.2. The minimum atomic E-state index is -0.460. The Bertz CT molecular complexity index is 1010. The van der Waals surface area contributed by atoms with Crippen molar-refractivity contribution in [1.29, 1.82) is 0 Å². The Morgan fingerprint density at radius 1 is 1.21 bits per heavy atom. The molecule has 0 bridgehead atoms. The molecule has 0 aliphatic heterocycles. The van der Waals surface area contributed by atoms with Crippen LogP contribution in [0.4, 0.5) is 11.4 Å². The van der Waals surface area contributed by atoms with Crippen molar-refractivity contribution in [3.63, 3.8) is 0 Å². The Morgan fingerprint density at radius 3 is 2.83 bits per heavy atom. The van der Waals surface area contributed by atoms with Gasteiger partial charge in [0, 0.05) is 30.3 Å². The number of ether oxygens (including phenoxy) is 2. The van der Waals surface area contributed by atoms with Crippen LogP contribution in [0, 0.1) is 0 Å². The van der Waals surface area contributed by atoms with E-state index in [1.165, 1.54) is 0 Å². The van der Waals surface area contributed by atoms with Crippen molar-refractivity contribution in [1.82, 2.24) is 4.57 Å². The summed E-state index contributed by atoms with van der Waals surface area (Å²) in [5.74, 6) is 0.190. The van der Waals surface area contributed by atoms with Gasteiger partial charge in [-0.15, -0.1) is 10.2 Å². The van der Waals surface area contributed by atoms with Gasteiger partial charge >= 0.3 is 0 Å². The fourth-order valence-electron chi connectivity index (χ4n) is 2.95. The van der Waals surface area contributed by atoms with Crippen molar-refractivity contribution in [2.75, 3.05) is 32.2 Å². The summed E-state index contributed by atoms with van der Waals surface area (Å²) in [4.78, 5) is 12.1. The number of carbonyl (C=O) groups is 1. The van der Waals surface area contributed by atoms with E-state index in [0.717, 1.165) is 16.6 Å². The number of amides is 1. The first-order valence-corrected chi connectivity index (χ1v) is 9.34. The molecule has 0 radical (unpaired) electrons. The van der Waals surface area contributed by atoms with Crippen molar-refractivity contribution >= 4 is 28.2 Å². The van der Waals surface area contributed by atoms with Gasteiger partial charge in [-0.2, -0.15) is 0 Å². The van der Waals surface area contributed by atoms with E-state index in [4.69, 9.17) is 9.47 Å². The molecule has 1 aromatic heterocycles. The van der Waals surface area contributed by atoms with E-state index in [-0.39, 0.29) is 18.1 Å². The summed E-state index contributed by atoms with van der Waals surface area (Å²) >= 11 is 0. The van der Waals surface area contributed by atoms with Gasteiger partial charge in [-0.05, 0) is 25.1 Å². The number of aromatic hydroxyl groups is 1. The number of carbonyl (C=O) groups excluding carboxylic acids is 1. The summed E-state index contributed by atoms with van der Waals surface area (Å²) in [6, 6.07) is 14.7. The van der Waals surface area contributed by atoms with Gasteiger partial charge in [-0.1, -0.05) is 24.3 Å². The van der Waals surface area contributed by atoms with Crippen LogP contribution >= 0.6 is 0 Å². The number of para-hydroxylation sites is 1. The maximum Gasteiger partial charge on any atom is 0.283 e. The molecule has 8 nitrogen and oxygen atoms in total. The fourth-order valence-corrected chi connectivity index (χ4v) is 2.95. The number of hydrogen-bond acceptors (Lipinski definition) is 6. The summed E-state index contributed by atoms with van der Waals surface area (Å²) in [5, 5.41) is 22.1. The van der Waals surface area contributed by atoms with Crippen LogP contribution in [-0.2, 0) is 16.1 Å². The largest absolute Gasteiger partial charge is 0.497 e. The van der Waals surface area contributed by atoms with Gasteiger partial charge in [0.2, 0.25) is 5.88 Å². The van der Waals surface area contributed by atoms with Crippen LogP contribution in [-0.4, -0.2) is 42.4 Å². The molecule has 0 spiro atoms. The SMILES string of the molecule is CCOCCn1c(O)c(N=NC(=O)CNc2cccc(OC)c2)c2ccccc21. The minimum Gasteiger partial charge on any atom is -0.497 e. The molecule has 0 fully saturated rings. The number of hydrogen-bond donors (Lipinski definition) is 2. The molecule has 29 heavy (non-hydrogen) atoms. The molecule has 0 atom stereocenters. The van der Waals surface area contributed by atoms with Crippen molar-refractivity contribution in [2.45, 2.75) is 13.5 Å². The number of nitrogens with one attached hydrogen (secondary N) is 1. The monoisotopic (exact) mass is 396 g/mol. The third-order valence-electron chi connectivity index (χ3n) is 4.36. The third-order valence-corrected chi connectivity index (χ3v) is 4.36. The van der Waals surface area contributed by atoms with Crippen LogP contribution in [0.3, 0.4) is 0 Å².